The van der Waals surface area contributed by atoms with Crippen LogP contribution in [0.3, 0.4) is 0 Å². The van der Waals surface area contributed by atoms with Crippen LogP contribution in [0.25, 0.3) is 0 Å². The van der Waals surface area contributed by atoms with Crippen LogP contribution in [0.1, 0.15) is 42.5 Å². The molecule has 1 aromatic carbocycles. The Morgan fingerprint density at radius 1 is 1.08 bits per heavy atom. The number of amides is 2. The Labute approximate surface area is 157 Å². The maximum Gasteiger partial charge on any atom is 0.308 e. The minimum atomic E-state index is -0.851. The van der Waals surface area contributed by atoms with Crippen LogP contribution in [0.4, 0.5) is 0 Å². The van der Waals surface area contributed by atoms with Crippen LogP contribution in [-0.2, 0) is 9.59 Å². The number of likely N-dealkylation sites (tertiary alicyclic amines) is 1. The number of aliphatic carboxylic acids is 1. The molecule has 1 saturated heterocycles. The van der Waals surface area contributed by atoms with Crippen molar-refractivity contribution < 1.29 is 19.5 Å². The average Bonchev–Trinajstić information content (AvgIpc) is 3.10. The molecular formula is C19H23ClN2O4. The standard InChI is InChI=1S/C19H23ClN2O4/c20-14-8-6-12(7-9-14)18(24)22-10-2-3-13(11-22)17(23)21-16-5-1-4-15(16)19(25)26/h6-9,13,15-16H,1-5,10-11H2,(H,21,23)(H,25,26)/t13?,15-,16+/m1/s1. The second-order valence-corrected chi connectivity index (χ2v) is 7.52. The van der Waals surface area contributed by atoms with Crippen LogP contribution in [-0.4, -0.2) is 46.9 Å². The van der Waals surface area contributed by atoms with Crippen LogP contribution in [0.2, 0.25) is 5.02 Å². The third-order valence-electron chi connectivity index (χ3n) is 5.33. The molecule has 1 aliphatic heterocycles. The highest BCUT2D eigenvalue weighted by molar-refractivity contribution is 6.30. The van der Waals surface area contributed by atoms with E-state index in [1.165, 1.54) is 0 Å². The number of nitrogens with zero attached hydrogens (tertiary/aromatic N) is 1. The van der Waals surface area contributed by atoms with Gasteiger partial charge in [-0.15, -0.1) is 0 Å². The van der Waals surface area contributed by atoms with E-state index in [1.54, 1.807) is 29.2 Å². The molecule has 2 N–H and O–H groups in total. The van der Waals surface area contributed by atoms with Gasteiger partial charge in [0.1, 0.15) is 0 Å². The fraction of sp³-hybridized carbons (Fsp3) is 0.526. The van der Waals surface area contributed by atoms with Crippen molar-refractivity contribution in [3.05, 3.63) is 34.9 Å². The quantitative estimate of drug-likeness (QED) is 0.843. The van der Waals surface area contributed by atoms with E-state index in [0.29, 0.717) is 42.9 Å². The van der Waals surface area contributed by atoms with Gasteiger partial charge in [0.15, 0.2) is 0 Å². The molecule has 2 aliphatic rings. The van der Waals surface area contributed by atoms with E-state index < -0.39 is 11.9 Å². The molecule has 3 rings (SSSR count). The number of hydrogen-bond acceptors (Lipinski definition) is 3. The van der Waals surface area contributed by atoms with Gasteiger partial charge >= 0.3 is 5.97 Å². The van der Waals surface area contributed by atoms with Crippen LogP contribution in [0.5, 0.6) is 0 Å². The number of halogens is 1. The zero-order valence-electron chi connectivity index (χ0n) is 14.5. The fourth-order valence-corrected chi connectivity index (χ4v) is 4.01. The molecule has 0 spiro atoms. The molecule has 2 fully saturated rings. The van der Waals surface area contributed by atoms with Gasteiger partial charge in [0, 0.05) is 29.7 Å². The smallest absolute Gasteiger partial charge is 0.308 e. The van der Waals surface area contributed by atoms with Crippen molar-refractivity contribution in [1.82, 2.24) is 10.2 Å². The summed E-state index contributed by atoms with van der Waals surface area (Å²) >= 11 is 5.86. The van der Waals surface area contributed by atoms with Crippen LogP contribution in [0, 0.1) is 11.8 Å². The number of rotatable bonds is 4. The highest BCUT2D eigenvalue weighted by Crippen LogP contribution is 2.27. The first-order valence-electron chi connectivity index (χ1n) is 9.03. The maximum absolute atomic E-state index is 12.6. The summed E-state index contributed by atoms with van der Waals surface area (Å²) in [7, 11) is 0. The minimum absolute atomic E-state index is 0.108. The summed E-state index contributed by atoms with van der Waals surface area (Å²) in [6.07, 6.45) is 3.58. The van der Waals surface area contributed by atoms with E-state index in [2.05, 4.69) is 5.32 Å². The van der Waals surface area contributed by atoms with E-state index >= 15 is 0 Å². The Bertz CT molecular complexity index is 691. The predicted octanol–water partition coefficient (Wildman–Crippen LogP) is 2.56. The number of nitrogens with one attached hydrogen (secondary N) is 1. The zero-order chi connectivity index (χ0) is 18.7. The largest absolute Gasteiger partial charge is 0.481 e. The van der Waals surface area contributed by atoms with Gasteiger partial charge in [-0.3, -0.25) is 14.4 Å². The first-order chi connectivity index (χ1) is 12.5. The number of benzene rings is 1. The lowest BCUT2D eigenvalue weighted by atomic mass is 9.95. The molecule has 1 saturated carbocycles. The Morgan fingerprint density at radius 3 is 2.50 bits per heavy atom. The number of carboxylic acids is 1. The molecule has 2 amide bonds. The van der Waals surface area contributed by atoms with Crippen molar-refractivity contribution in [3.8, 4) is 0 Å². The van der Waals surface area contributed by atoms with Gasteiger partial charge in [-0.1, -0.05) is 18.0 Å². The van der Waals surface area contributed by atoms with E-state index in [4.69, 9.17) is 11.6 Å². The molecule has 6 nitrogen and oxygen atoms in total. The number of hydrogen-bond donors (Lipinski definition) is 2. The fourth-order valence-electron chi connectivity index (χ4n) is 3.88. The first-order valence-corrected chi connectivity index (χ1v) is 9.41. The summed E-state index contributed by atoms with van der Waals surface area (Å²) in [5.41, 5.74) is 0.553. The topological polar surface area (TPSA) is 86.7 Å². The first kappa shape index (κ1) is 18.7. The second-order valence-electron chi connectivity index (χ2n) is 7.09. The van der Waals surface area contributed by atoms with Crippen molar-refractivity contribution in [2.24, 2.45) is 11.8 Å². The van der Waals surface area contributed by atoms with Crippen LogP contribution >= 0.6 is 11.6 Å². The van der Waals surface area contributed by atoms with Crippen molar-refractivity contribution in [2.75, 3.05) is 13.1 Å². The Balaban J connectivity index is 1.60. The zero-order valence-corrected chi connectivity index (χ0v) is 15.2. The maximum atomic E-state index is 12.6. The molecule has 1 heterocycles. The molecule has 1 aromatic rings. The van der Waals surface area contributed by atoms with Gasteiger partial charge in [-0.05, 0) is 49.9 Å². The monoisotopic (exact) mass is 378 g/mol. The van der Waals surface area contributed by atoms with Gasteiger partial charge in [0.25, 0.3) is 5.91 Å². The molecule has 1 aliphatic carbocycles. The van der Waals surface area contributed by atoms with E-state index in [-0.39, 0.29) is 23.8 Å². The van der Waals surface area contributed by atoms with Crippen molar-refractivity contribution in [2.45, 2.75) is 38.1 Å². The molecular weight excluding hydrogens is 356 g/mol. The summed E-state index contributed by atoms with van der Waals surface area (Å²) in [4.78, 5) is 38.2. The summed E-state index contributed by atoms with van der Waals surface area (Å²) in [6, 6.07) is 6.42. The molecule has 0 bridgehead atoms. The molecule has 26 heavy (non-hydrogen) atoms. The number of carbonyl (C=O) groups excluding carboxylic acids is 2. The normalized spacial score (nSPS) is 25.7. The van der Waals surface area contributed by atoms with Gasteiger partial charge in [0.05, 0.1) is 11.8 Å². The lowest BCUT2D eigenvalue weighted by Crippen LogP contribution is -2.49. The predicted molar refractivity (Wildman–Crippen MR) is 97.0 cm³/mol. The lowest BCUT2D eigenvalue weighted by molar-refractivity contribution is -0.142. The number of carboxylic acid groups (broad SMARTS) is 1. The Kier molecular flexibility index (Phi) is 5.81. The molecule has 1 unspecified atom stereocenters. The average molecular weight is 379 g/mol. The van der Waals surface area contributed by atoms with Crippen molar-refractivity contribution in [1.29, 1.82) is 0 Å². The second kappa shape index (κ2) is 8.08. The molecule has 140 valence electrons. The number of carbonyl (C=O) groups is 3. The third-order valence-corrected chi connectivity index (χ3v) is 5.58. The van der Waals surface area contributed by atoms with Gasteiger partial charge in [-0.2, -0.15) is 0 Å². The van der Waals surface area contributed by atoms with Gasteiger partial charge in [-0.25, -0.2) is 0 Å². The molecule has 0 aromatic heterocycles. The summed E-state index contributed by atoms with van der Waals surface area (Å²) in [5.74, 6) is -1.90. The lowest BCUT2D eigenvalue weighted by Gasteiger charge is -2.33. The molecule has 0 radical (unpaired) electrons. The van der Waals surface area contributed by atoms with E-state index in [1.807, 2.05) is 0 Å². The van der Waals surface area contributed by atoms with Crippen molar-refractivity contribution in [3.63, 3.8) is 0 Å². The molecule has 3 atom stereocenters. The highest BCUT2D eigenvalue weighted by Gasteiger charge is 2.36. The Hall–Kier alpha value is -2.08. The van der Waals surface area contributed by atoms with Gasteiger partial charge in [0.2, 0.25) is 5.91 Å². The summed E-state index contributed by atoms with van der Waals surface area (Å²) < 4.78 is 0. The molecule has 7 heteroatoms. The van der Waals surface area contributed by atoms with E-state index in [0.717, 1.165) is 12.8 Å². The van der Waals surface area contributed by atoms with E-state index in [9.17, 15) is 19.5 Å². The third kappa shape index (κ3) is 4.18. The Morgan fingerprint density at radius 2 is 1.81 bits per heavy atom. The SMILES string of the molecule is O=C(N[C@H]1CCC[C@H]1C(=O)O)C1CCCN(C(=O)c2ccc(Cl)cc2)C1. The number of piperidine rings is 1. The van der Waals surface area contributed by atoms with Gasteiger partial charge < -0.3 is 15.3 Å². The van der Waals surface area contributed by atoms with Crippen molar-refractivity contribution >= 4 is 29.4 Å². The summed E-state index contributed by atoms with van der Waals surface area (Å²) in [6.45, 7) is 0.976. The minimum Gasteiger partial charge on any atom is -0.481 e. The highest BCUT2D eigenvalue weighted by atomic mass is 35.5. The van der Waals surface area contributed by atoms with Crippen LogP contribution in [0.15, 0.2) is 24.3 Å². The summed E-state index contributed by atoms with van der Waals surface area (Å²) in [5, 5.41) is 12.7. The van der Waals surface area contributed by atoms with Crippen LogP contribution < -0.4 is 5.32 Å².